The summed E-state index contributed by atoms with van der Waals surface area (Å²) in [5.74, 6) is -8.19. The van der Waals surface area contributed by atoms with Gasteiger partial charge in [0.25, 0.3) is 0 Å². The first kappa shape index (κ1) is 50.2. The van der Waals surface area contributed by atoms with E-state index >= 15 is 0 Å². The van der Waals surface area contributed by atoms with Gasteiger partial charge in [0.1, 0.15) is 41.2 Å². The molecular weight excluding hydrogens is 861 g/mol. The van der Waals surface area contributed by atoms with Crippen LogP contribution < -0.4 is 11.1 Å². The Morgan fingerprint density at radius 2 is 1.58 bits per heavy atom. The van der Waals surface area contributed by atoms with Crippen LogP contribution in [0.3, 0.4) is 0 Å². The first-order valence-corrected chi connectivity index (χ1v) is 22.2. The van der Waals surface area contributed by atoms with Crippen molar-refractivity contribution in [2.45, 2.75) is 134 Å². The van der Waals surface area contributed by atoms with E-state index < -0.39 is 138 Å². The van der Waals surface area contributed by atoms with Crippen molar-refractivity contribution in [3.63, 3.8) is 0 Å². The zero-order valence-corrected chi connectivity index (χ0v) is 38.3. The molecule has 18 nitrogen and oxygen atoms in total. The molecule has 2 saturated carbocycles. The summed E-state index contributed by atoms with van der Waals surface area (Å²) < 4.78 is 34.6. The van der Waals surface area contributed by atoms with Crippen LogP contribution in [0.5, 0.6) is 0 Å². The van der Waals surface area contributed by atoms with Crippen molar-refractivity contribution >= 4 is 35.8 Å². The number of Topliss-reactive ketones (excluding diaryl/α,β-unsaturated/α-hetero) is 1. The molecule has 7 N–H and O–H groups in total. The Morgan fingerprint density at radius 1 is 0.939 bits per heavy atom. The SMILES string of the molecule is CC1=C(C(C)C)C2CC(=O)C(O)C3(C)C(O)CC4OCC4(O)C3C(OC(=O)c3ccccc3)C2(O)CC1OC(=O)C(OC(=O)COC(=O)CCN)C(NC(=O)OC(C)(C)C)c1ccccc1. The van der Waals surface area contributed by atoms with Gasteiger partial charge in [0, 0.05) is 43.1 Å². The molecule has 1 amide bonds. The molecule has 360 valence electrons. The Bertz CT molecular complexity index is 2180. The smallest absolute Gasteiger partial charge is 0.408 e. The van der Waals surface area contributed by atoms with Gasteiger partial charge in [-0.25, -0.2) is 19.2 Å². The van der Waals surface area contributed by atoms with Crippen molar-refractivity contribution in [3.8, 4) is 0 Å². The third kappa shape index (κ3) is 9.89. The maximum atomic E-state index is 14.9. The number of fused-ring (bicyclic) bond motifs is 4. The minimum absolute atomic E-state index is 0.0617. The number of amides is 1. The van der Waals surface area contributed by atoms with Crippen LogP contribution in [0, 0.1) is 23.2 Å². The molecule has 12 unspecified atom stereocenters. The molecule has 4 aliphatic rings. The van der Waals surface area contributed by atoms with Crippen molar-refractivity contribution in [3.05, 3.63) is 82.9 Å². The highest BCUT2D eigenvalue weighted by atomic mass is 16.6. The number of benzene rings is 2. The van der Waals surface area contributed by atoms with Crippen molar-refractivity contribution in [1.29, 1.82) is 0 Å². The maximum Gasteiger partial charge on any atom is 0.408 e. The van der Waals surface area contributed by atoms with Gasteiger partial charge >= 0.3 is 30.0 Å². The summed E-state index contributed by atoms with van der Waals surface area (Å²) in [6, 6.07) is 14.4. The molecule has 0 spiro atoms. The molecule has 0 aromatic heterocycles. The van der Waals surface area contributed by atoms with Crippen LogP contribution in [0.15, 0.2) is 71.8 Å². The number of alkyl carbamates (subject to hydrolysis) is 1. The van der Waals surface area contributed by atoms with Gasteiger partial charge in [-0.3, -0.25) is 9.59 Å². The van der Waals surface area contributed by atoms with E-state index in [4.69, 9.17) is 34.2 Å². The molecule has 3 fully saturated rings. The summed E-state index contributed by atoms with van der Waals surface area (Å²) in [6.07, 6.45) is -12.2. The number of nitrogens with one attached hydrogen (secondary N) is 1. The van der Waals surface area contributed by atoms with E-state index in [1.54, 1.807) is 90.1 Å². The highest BCUT2D eigenvalue weighted by Crippen LogP contribution is 2.61. The minimum atomic E-state index is -2.39. The topological polar surface area (TPSA) is 277 Å². The molecule has 2 aromatic rings. The number of ether oxygens (including phenoxy) is 6. The van der Waals surface area contributed by atoms with Crippen LogP contribution in [0.2, 0.25) is 0 Å². The van der Waals surface area contributed by atoms with Crippen LogP contribution in [-0.4, -0.2) is 129 Å². The molecular formula is C48H62N2O16. The van der Waals surface area contributed by atoms with E-state index in [9.17, 15) is 49.2 Å². The second-order valence-corrected chi connectivity index (χ2v) is 19.3. The quantitative estimate of drug-likeness (QED) is 0.0957. The van der Waals surface area contributed by atoms with Crippen molar-refractivity contribution in [1.82, 2.24) is 5.32 Å². The van der Waals surface area contributed by atoms with Crippen LogP contribution >= 0.6 is 0 Å². The largest absolute Gasteiger partial charge is 0.455 e. The molecule has 0 radical (unpaired) electrons. The Hall–Kier alpha value is -5.24. The minimum Gasteiger partial charge on any atom is -0.455 e. The number of hydrogen-bond donors (Lipinski definition) is 6. The summed E-state index contributed by atoms with van der Waals surface area (Å²) in [7, 11) is 0. The van der Waals surface area contributed by atoms with Crippen molar-refractivity contribution in [2.24, 2.45) is 28.9 Å². The van der Waals surface area contributed by atoms with Gasteiger partial charge in [0.15, 0.2) is 12.4 Å². The average Bonchev–Trinajstić information content (AvgIpc) is 3.25. The Kier molecular flexibility index (Phi) is 14.9. The Morgan fingerprint density at radius 3 is 2.15 bits per heavy atom. The number of carbonyl (C=O) groups excluding carboxylic acids is 6. The molecule has 3 aliphatic carbocycles. The second kappa shape index (κ2) is 19.5. The van der Waals surface area contributed by atoms with E-state index in [0.717, 1.165) is 0 Å². The average molecular weight is 923 g/mol. The van der Waals surface area contributed by atoms with Gasteiger partial charge in [-0.05, 0) is 56.9 Å². The number of rotatable bonds is 13. The van der Waals surface area contributed by atoms with Crippen LogP contribution in [0.1, 0.15) is 96.1 Å². The molecule has 1 aliphatic heterocycles. The first-order chi connectivity index (χ1) is 31.0. The number of hydrogen-bond acceptors (Lipinski definition) is 17. The van der Waals surface area contributed by atoms with Gasteiger partial charge < -0.3 is 59.9 Å². The van der Waals surface area contributed by atoms with Crippen molar-refractivity contribution < 1.29 is 77.6 Å². The van der Waals surface area contributed by atoms with E-state index in [1.807, 2.05) is 0 Å². The zero-order valence-electron chi connectivity index (χ0n) is 38.3. The lowest BCUT2D eigenvalue weighted by molar-refractivity contribution is -0.354. The lowest BCUT2D eigenvalue weighted by Crippen LogP contribution is -2.80. The molecule has 0 bridgehead atoms. The predicted molar refractivity (Wildman–Crippen MR) is 232 cm³/mol. The first-order valence-electron chi connectivity index (χ1n) is 22.2. The van der Waals surface area contributed by atoms with Crippen molar-refractivity contribution in [2.75, 3.05) is 19.8 Å². The van der Waals surface area contributed by atoms with Gasteiger partial charge in [0.2, 0.25) is 6.10 Å². The van der Waals surface area contributed by atoms with Gasteiger partial charge in [-0.2, -0.15) is 0 Å². The lowest BCUT2D eigenvalue weighted by atomic mass is 9.47. The standard InChI is InChI=1S/C48H62N2O16/c1-25(2)36-26(3)31(63-43(57)38(64-35(54)23-61-34(53)18-19-49)37(27-14-10-8-11-15-27)50-44(58)66-45(4,5)6)22-47(59)29(36)20-30(51)40(55)46(7)32(52)21-33-48(60,24-62-33)39(46)41(47)65-42(56)28-16-12-9-13-17-28/h8-17,25,29,31-33,37-41,52,55,59-60H,18-24,49H2,1-7H3,(H,50,58). The molecule has 1 heterocycles. The van der Waals surface area contributed by atoms with E-state index in [2.05, 4.69) is 5.32 Å². The Balaban J connectivity index is 1.48. The zero-order chi connectivity index (χ0) is 48.5. The van der Waals surface area contributed by atoms with Gasteiger partial charge in [0.05, 0.1) is 30.8 Å². The molecule has 18 heteroatoms. The van der Waals surface area contributed by atoms with E-state index in [1.165, 1.54) is 19.1 Å². The second-order valence-electron chi connectivity index (χ2n) is 19.3. The summed E-state index contributed by atoms with van der Waals surface area (Å²) in [4.78, 5) is 82.5. The number of aliphatic hydroxyl groups is 4. The predicted octanol–water partition coefficient (Wildman–Crippen LogP) is 2.77. The number of carbonyl (C=O) groups is 6. The van der Waals surface area contributed by atoms with Gasteiger partial charge in [-0.15, -0.1) is 0 Å². The fourth-order valence-corrected chi connectivity index (χ4v) is 10.3. The number of aliphatic hydroxyl groups excluding tert-OH is 2. The van der Waals surface area contributed by atoms with E-state index in [0.29, 0.717) is 11.1 Å². The normalized spacial score (nSPS) is 31.5. The fourth-order valence-electron chi connectivity index (χ4n) is 10.3. The third-order valence-corrected chi connectivity index (χ3v) is 13.4. The summed E-state index contributed by atoms with van der Waals surface area (Å²) in [6.45, 7) is 10.1. The molecule has 66 heavy (non-hydrogen) atoms. The van der Waals surface area contributed by atoms with Crippen LogP contribution in [-0.2, 0) is 47.6 Å². The summed E-state index contributed by atoms with van der Waals surface area (Å²) >= 11 is 0. The number of ketones is 1. The third-order valence-electron chi connectivity index (χ3n) is 13.4. The molecule has 2 aromatic carbocycles. The lowest BCUT2D eigenvalue weighted by Gasteiger charge is -2.66. The number of esters is 4. The highest BCUT2D eigenvalue weighted by molar-refractivity contribution is 5.90. The van der Waals surface area contributed by atoms with Crippen LogP contribution in [0.4, 0.5) is 4.79 Å². The maximum absolute atomic E-state index is 14.9. The van der Waals surface area contributed by atoms with E-state index in [-0.39, 0.29) is 37.1 Å². The van der Waals surface area contributed by atoms with Gasteiger partial charge in [-0.1, -0.05) is 74.9 Å². The molecule has 6 rings (SSSR count). The fraction of sp³-hybridized carbons (Fsp3) is 0.583. The highest BCUT2D eigenvalue weighted by Gasteiger charge is 2.74. The van der Waals surface area contributed by atoms with Crippen LogP contribution in [0.25, 0.3) is 0 Å². The molecule has 12 atom stereocenters. The number of nitrogens with two attached hydrogens (primary N) is 1. The summed E-state index contributed by atoms with van der Waals surface area (Å²) in [5, 5.41) is 52.5. The Labute approximate surface area is 383 Å². The molecule has 1 saturated heterocycles. The monoisotopic (exact) mass is 922 g/mol. The summed E-state index contributed by atoms with van der Waals surface area (Å²) in [5.41, 5.74) is -0.694.